The lowest BCUT2D eigenvalue weighted by Gasteiger charge is -2.29. The van der Waals surface area contributed by atoms with E-state index in [0.29, 0.717) is 25.9 Å². The predicted octanol–water partition coefficient (Wildman–Crippen LogP) is 3.25. The van der Waals surface area contributed by atoms with Crippen LogP contribution in [-0.4, -0.2) is 35.5 Å². The Kier molecular flexibility index (Phi) is 8.72. The lowest BCUT2D eigenvalue weighted by Crippen LogP contribution is -2.41. The van der Waals surface area contributed by atoms with Crippen molar-refractivity contribution >= 4 is 11.9 Å². The zero-order chi connectivity index (χ0) is 12.8. The molecule has 4 heteroatoms. The molecular formula is C13H27NO3. The molecule has 0 radical (unpaired) electrons. The number of likely N-dealkylation sites (tertiary alicyclic amines) is 1. The molecule has 0 aromatic rings. The first kappa shape index (κ1) is 18.3. The zero-order valence-corrected chi connectivity index (χ0v) is 11.0. The van der Waals surface area contributed by atoms with E-state index >= 15 is 0 Å². The number of ketones is 1. The molecule has 1 aliphatic heterocycles. The van der Waals surface area contributed by atoms with Gasteiger partial charge in [-0.15, -0.1) is 0 Å². The van der Waals surface area contributed by atoms with Crippen molar-refractivity contribution in [3.8, 4) is 0 Å². The number of piperidine rings is 1. The van der Waals surface area contributed by atoms with Crippen molar-refractivity contribution in [1.29, 1.82) is 0 Å². The highest BCUT2D eigenvalue weighted by atomic mass is 16.6. The first-order valence-corrected chi connectivity index (χ1v) is 5.88. The maximum absolute atomic E-state index is 11.5. The van der Waals surface area contributed by atoms with Gasteiger partial charge in [0.25, 0.3) is 0 Å². The Morgan fingerprint density at radius 3 is 1.94 bits per heavy atom. The van der Waals surface area contributed by atoms with Gasteiger partial charge in [0, 0.05) is 25.9 Å². The van der Waals surface area contributed by atoms with Crippen LogP contribution in [0.1, 0.15) is 54.9 Å². The number of hydrogen-bond acceptors (Lipinski definition) is 3. The fraction of sp³-hybridized carbons (Fsp3) is 0.846. The highest BCUT2D eigenvalue weighted by molar-refractivity contribution is 5.81. The summed E-state index contributed by atoms with van der Waals surface area (Å²) < 4.78 is 5.19. The number of hydrogen-bond donors (Lipinski definition) is 0. The van der Waals surface area contributed by atoms with Gasteiger partial charge in [-0.2, -0.15) is 0 Å². The highest BCUT2D eigenvalue weighted by Gasteiger charge is 2.25. The normalized spacial score (nSPS) is 15.4. The highest BCUT2D eigenvalue weighted by Crippen LogP contribution is 2.13. The second kappa shape index (κ2) is 8.09. The second-order valence-electron chi connectivity index (χ2n) is 4.51. The molecule has 0 aromatic carbocycles. The van der Waals surface area contributed by atoms with Crippen LogP contribution >= 0.6 is 0 Å². The van der Waals surface area contributed by atoms with Gasteiger partial charge in [0.15, 0.2) is 0 Å². The van der Waals surface area contributed by atoms with E-state index in [9.17, 15) is 9.59 Å². The topological polar surface area (TPSA) is 46.6 Å². The van der Waals surface area contributed by atoms with Crippen LogP contribution in [-0.2, 0) is 9.53 Å². The summed E-state index contributed by atoms with van der Waals surface area (Å²) >= 11 is 0. The minimum Gasteiger partial charge on any atom is -0.444 e. The molecule has 1 heterocycles. The Hall–Kier alpha value is -1.06. The zero-order valence-electron chi connectivity index (χ0n) is 11.0. The molecule has 0 bridgehead atoms. The number of amides is 1. The summed E-state index contributed by atoms with van der Waals surface area (Å²) in [6.45, 7) is 10.5. The summed E-state index contributed by atoms with van der Waals surface area (Å²) in [6, 6.07) is 0. The summed E-state index contributed by atoms with van der Waals surface area (Å²) in [5, 5.41) is 0. The van der Waals surface area contributed by atoms with Gasteiger partial charge < -0.3 is 9.64 Å². The molecule has 0 atom stereocenters. The van der Waals surface area contributed by atoms with Crippen LogP contribution in [0, 0.1) is 0 Å². The average molecular weight is 245 g/mol. The third-order valence-corrected chi connectivity index (χ3v) is 1.97. The number of carbonyl (C=O) groups excluding carboxylic acids is 2. The van der Waals surface area contributed by atoms with Gasteiger partial charge in [-0.05, 0) is 20.8 Å². The van der Waals surface area contributed by atoms with Crippen LogP contribution in [0.25, 0.3) is 0 Å². The SMILES string of the molecule is C.CC.CC(C)(C)OC(=O)N1CCC(=O)CC1. The van der Waals surface area contributed by atoms with Crippen molar-refractivity contribution in [3.63, 3.8) is 0 Å². The molecule has 0 saturated carbocycles. The van der Waals surface area contributed by atoms with E-state index in [1.54, 1.807) is 4.90 Å². The van der Waals surface area contributed by atoms with E-state index in [0.717, 1.165) is 0 Å². The molecule has 1 aliphatic rings. The molecule has 17 heavy (non-hydrogen) atoms. The van der Waals surface area contributed by atoms with Gasteiger partial charge in [-0.1, -0.05) is 21.3 Å². The van der Waals surface area contributed by atoms with Crippen molar-refractivity contribution in [2.45, 2.75) is 60.5 Å². The molecule has 0 N–H and O–H groups in total. The fourth-order valence-electron chi connectivity index (χ4n) is 1.27. The third-order valence-electron chi connectivity index (χ3n) is 1.97. The Bertz CT molecular complexity index is 234. The molecule has 1 fully saturated rings. The first-order chi connectivity index (χ1) is 7.38. The van der Waals surface area contributed by atoms with Gasteiger partial charge >= 0.3 is 6.09 Å². The fourth-order valence-corrected chi connectivity index (χ4v) is 1.27. The first-order valence-electron chi connectivity index (χ1n) is 5.88. The van der Waals surface area contributed by atoms with E-state index in [-0.39, 0.29) is 19.3 Å². The molecule has 0 unspecified atom stereocenters. The number of carbonyl (C=O) groups is 2. The van der Waals surface area contributed by atoms with Crippen LogP contribution in [0.4, 0.5) is 4.79 Å². The maximum Gasteiger partial charge on any atom is 0.410 e. The second-order valence-corrected chi connectivity index (χ2v) is 4.51. The van der Waals surface area contributed by atoms with Crippen LogP contribution < -0.4 is 0 Å². The molecule has 102 valence electrons. The average Bonchev–Trinajstić information content (AvgIpc) is 2.19. The Morgan fingerprint density at radius 2 is 1.59 bits per heavy atom. The summed E-state index contributed by atoms with van der Waals surface area (Å²) in [7, 11) is 0. The minimum atomic E-state index is -0.460. The summed E-state index contributed by atoms with van der Waals surface area (Å²) in [5.41, 5.74) is -0.460. The largest absolute Gasteiger partial charge is 0.444 e. The van der Waals surface area contributed by atoms with E-state index in [1.165, 1.54) is 0 Å². The smallest absolute Gasteiger partial charge is 0.410 e. The van der Waals surface area contributed by atoms with Gasteiger partial charge in [-0.25, -0.2) is 4.79 Å². The molecule has 0 spiro atoms. The number of nitrogens with zero attached hydrogens (tertiary/aromatic N) is 1. The summed E-state index contributed by atoms with van der Waals surface area (Å²) in [4.78, 5) is 24.0. The lowest BCUT2D eigenvalue weighted by atomic mass is 10.1. The van der Waals surface area contributed by atoms with Gasteiger partial charge in [-0.3, -0.25) is 4.79 Å². The quantitative estimate of drug-likeness (QED) is 0.658. The van der Waals surface area contributed by atoms with E-state index in [1.807, 2.05) is 34.6 Å². The lowest BCUT2D eigenvalue weighted by molar-refractivity contribution is -0.121. The van der Waals surface area contributed by atoms with Crippen molar-refractivity contribution in [2.75, 3.05) is 13.1 Å². The Balaban J connectivity index is 0. The molecule has 1 saturated heterocycles. The van der Waals surface area contributed by atoms with Crippen LogP contribution in [0.2, 0.25) is 0 Å². The monoisotopic (exact) mass is 245 g/mol. The van der Waals surface area contributed by atoms with E-state index in [4.69, 9.17) is 4.74 Å². The Morgan fingerprint density at radius 1 is 1.18 bits per heavy atom. The van der Waals surface area contributed by atoms with Crippen LogP contribution in [0.5, 0.6) is 0 Å². The molecule has 0 aliphatic carbocycles. The molecule has 1 rings (SSSR count). The van der Waals surface area contributed by atoms with Gasteiger partial charge in [0.2, 0.25) is 0 Å². The number of ether oxygens (including phenoxy) is 1. The standard InChI is InChI=1S/C10H17NO3.C2H6.CH4/c1-10(2,3)14-9(13)11-6-4-8(12)5-7-11;1-2;/h4-7H2,1-3H3;1-2H3;1H4. The summed E-state index contributed by atoms with van der Waals surface area (Å²) in [5.74, 6) is 0.227. The van der Waals surface area contributed by atoms with Crippen molar-refractivity contribution < 1.29 is 14.3 Å². The molecular weight excluding hydrogens is 218 g/mol. The molecule has 4 nitrogen and oxygen atoms in total. The van der Waals surface area contributed by atoms with Crippen LogP contribution in [0.3, 0.4) is 0 Å². The van der Waals surface area contributed by atoms with Gasteiger partial charge in [0.05, 0.1) is 0 Å². The number of Topliss-reactive ketones (excluding diaryl/α,β-unsaturated/α-hetero) is 1. The van der Waals surface area contributed by atoms with E-state index < -0.39 is 5.60 Å². The molecule has 0 aromatic heterocycles. The van der Waals surface area contributed by atoms with Gasteiger partial charge in [0.1, 0.15) is 11.4 Å². The summed E-state index contributed by atoms with van der Waals surface area (Å²) in [6.07, 6.45) is 0.600. The van der Waals surface area contributed by atoms with Crippen molar-refractivity contribution in [2.24, 2.45) is 0 Å². The Labute approximate surface area is 105 Å². The minimum absolute atomic E-state index is 0. The van der Waals surface area contributed by atoms with Crippen molar-refractivity contribution in [1.82, 2.24) is 4.90 Å². The predicted molar refractivity (Wildman–Crippen MR) is 70.1 cm³/mol. The van der Waals surface area contributed by atoms with Crippen molar-refractivity contribution in [3.05, 3.63) is 0 Å². The number of rotatable bonds is 0. The maximum atomic E-state index is 11.5. The van der Waals surface area contributed by atoms with E-state index in [2.05, 4.69) is 0 Å². The molecule has 1 amide bonds. The van der Waals surface area contributed by atoms with Crippen LogP contribution in [0.15, 0.2) is 0 Å². The third kappa shape index (κ3) is 7.77.